The van der Waals surface area contributed by atoms with Crippen LogP contribution < -0.4 is 10.6 Å². The number of hydrogen-bond acceptors (Lipinski definition) is 5. The number of carbonyl (C=O) groups is 3. The molecule has 4 rings (SSSR count). The molecule has 0 bridgehead atoms. The highest BCUT2D eigenvalue weighted by Crippen LogP contribution is 2.32. The minimum Gasteiger partial charge on any atom is -0.352 e. The fourth-order valence-corrected chi connectivity index (χ4v) is 4.81. The van der Waals surface area contributed by atoms with Gasteiger partial charge in [0, 0.05) is 42.5 Å². The van der Waals surface area contributed by atoms with Crippen molar-refractivity contribution in [2.24, 2.45) is 0 Å². The molecule has 0 aliphatic rings. The molecule has 2 aromatic heterocycles. The summed E-state index contributed by atoms with van der Waals surface area (Å²) in [6, 6.07) is 12.2. The van der Waals surface area contributed by atoms with Gasteiger partial charge in [-0.05, 0) is 62.2 Å². The maximum absolute atomic E-state index is 13.5. The Hall–Kier alpha value is -4.26. The normalized spacial score (nSPS) is 11.4. The molecule has 4 aromatic rings. The average molecular weight is 660 g/mol. The zero-order valence-corrected chi connectivity index (χ0v) is 25.6. The van der Waals surface area contributed by atoms with E-state index in [4.69, 9.17) is 0 Å². The highest BCUT2D eigenvalue weighted by Gasteiger charge is 2.34. The quantitative estimate of drug-likeness (QED) is 0.223. The lowest BCUT2D eigenvalue weighted by atomic mass is 10.1. The van der Waals surface area contributed by atoms with Crippen LogP contribution in [0.3, 0.4) is 0 Å². The molecule has 0 spiro atoms. The lowest BCUT2D eigenvalue weighted by Crippen LogP contribution is -2.27. The van der Waals surface area contributed by atoms with Crippen molar-refractivity contribution < 1.29 is 27.6 Å². The minimum atomic E-state index is -4.73. The van der Waals surface area contributed by atoms with Crippen molar-refractivity contribution >= 4 is 50.2 Å². The van der Waals surface area contributed by atoms with Crippen LogP contribution in [-0.2, 0) is 17.5 Å². The average Bonchev–Trinajstić information content (AvgIpc) is 3.21. The SMILES string of the molecule is Cc1nn(Cc2ccc(C(=O)NCCCC(=O)N(C)C)cc2)c(C)c1NC(=O)c1cc(C(F)(F)F)nc2ccc(Br)cc12. The Morgan fingerprint density at radius 3 is 2.35 bits per heavy atom. The van der Waals surface area contributed by atoms with Gasteiger partial charge in [0.2, 0.25) is 5.91 Å². The van der Waals surface area contributed by atoms with Crippen molar-refractivity contribution in [3.05, 3.63) is 86.8 Å². The van der Waals surface area contributed by atoms with E-state index in [1.54, 1.807) is 69.0 Å². The summed E-state index contributed by atoms with van der Waals surface area (Å²) < 4.78 is 42.9. The van der Waals surface area contributed by atoms with Gasteiger partial charge in [0.25, 0.3) is 11.8 Å². The maximum atomic E-state index is 13.5. The highest BCUT2D eigenvalue weighted by molar-refractivity contribution is 9.10. The predicted octanol–water partition coefficient (Wildman–Crippen LogP) is 5.73. The van der Waals surface area contributed by atoms with Crippen molar-refractivity contribution in [3.63, 3.8) is 0 Å². The first-order valence-electron chi connectivity index (χ1n) is 13.3. The Labute approximate surface area is 254 Å². The summed E-state index contributed by atoms with van der Waals surface area (Å²) in [4.78, 5) is 42.6. The van der Waals surface area contributed by atoms with Gasteiger partial charge in [-0.25, -0.2) is 4.98 Å². The molecule has 2 heterocycles. The number of benzene rings is 2. The Morgan fingerprint density at radius 2 is 1.70 bits per heavy atom. The van der Waals surface area contributed by atoms with Crippen molar-refractivity contribution in [3.8, 4) is 0 Å². The van der Waals surface area contributed by atoms with Crippen LogP contribution in [0.2, 0.25) is 0 Å². The third kappa shape index (κ3) is 7.58. The summed E-state index contributed by atoms with van der Waals surface area (Å²) in [5.41, 5.74) is 1.53. The molecule has 0 saturated carbocycles. The first-order valence-corrected chi connectivity index (χ1v) is 14.1. The number of aryl methyl sites for hydroxylation is 1. The molecular weight excluding hydrogens is 629 g/mol. The number of amides is 3. The second kappa shape index (κ2) is 12.9. The molecule has 0 saturated heterocycles. The van der Waals surface area contributed by atoms with Crippen LogP contribution in [0, 0.1) is 13.8 Å². The Balaban J connectivity index is 1.47. The molecule has 2 aromatic carbocycles. The number of hydrogen-bond donors (Lipinski definition) is 2. The Morgan fingerprint density at radius 1 is 1.00 bits per heavy atom. The zero-order valence-electron chi connectivity index (χ0n) is 24.0. The molecule has 226 valence electrons. The fourth-order valence-electron chi connectivity index (χ4n) is 4.45. The second-order valence-electron chi connectivity index (χ2n) is 10.2. The van der Waals surface area contributed by atoms with Gasteiger partial charge in [-0.3, -0.25) is 19.1 Å². The van der Waals surface area contributed by atoms with Crippen molar-refractivity contribution in [1.29, 1.82) is 0 Å². The first-order chi connectivity index (χ1) is 20.2. The highest BCUT2D eigenvalue weighted by atomic mass is 79.9. The molecular formula is C30H30BrF3N6O3. The zero-order chi connectivity index (χ0) is 31.5. The maximum Gasteiger partial charge on any atom is 0.433 e. The van der Waals surface area contributed by atoms with Gasteiger partial charge in [0.05, 0.1) is 34.7 Å². The van der Waals surface area contributed by atoms with Gasteiger partial charge in [-0.15, -0.1) is 0 Å². The Bertz CT molecular complexity index is 1680. The molecule has 2 N–H and O–H groups in total. The molecule has 43 heavy (non-hydrogen) atoms. The van der Waals surface area contributed by atoms with Crippen LogP contribution in [-0.4, -0.2) is 58.0 Å². The smallest absolute Gasteiger partial charge is 0.352 e. The van der Waals surface area contributed by atoms with E-state index in [2.05, 4.69) is 36.6 Å². The van der Waals surface area contributed by atoms with Gasteiger partial charge in [-0.1, -0.05) is 28.1 Å². The van der Waals surface area contributed by atoms with Gasteiger partial charge in [0.15, 0.2) is 0 Å². The monoisotopic (exact) mass is 658 g/mol. The molecule has 0 aliphatic carbocycles. The third-order valence-electron chi connectivity index (χ3n) is 6.83. The number of aromatic nitrogens is 3. The van der Waals surface area contributed by atoms with E-state index in [0.717, 1.165) is 11.6 Å². The van der Waals surface area contributed by atoms with E-state index in [9.17, 15) is 27.6 Å². The van der Waals surface area contributed by atoms with Crippen LogP contribution in [0.25, 0.3) is 10.9 Å². The Kier molecular flexibility index (Phi) is 9.53. The lowest BCUT2D eigenvalue weighted by Gasteiger charge is -2.13. The lowest BCUT2D eigenvalue weighted by molar-refractivity contribution is -0.141. The molecule has 3 amide bonds. The van der Waals surface area contributed by atoms with Crippen LogP contribution in [0.5, 0.6) is 0 Å². The topological polar surface area (TPSA) is 109 Å². The number of fused-ring (bicyclic) bond motifs is 1. The largest absolute Gasteiger partial charge is 0.433 e. The molecule has 13 heteroatoms. The van der Waals surface area contributed by atoms with Crippen LogP contribution in [0.15, 0.2) is 53.0 Å². The molecule has 0 radical (unpaired) electrons. The van der Waals surface area contributed by atoms with Gasteiger partial charge < -0.3 is 15.5 Å². The second-order valence-corrected chi connectivity index (χ2v) is 11.1. The van der Waals surface area contributed by atoms with Crippen molar-refractivity contribution in [2.45, 2.75) is 39.4 Å². The summed E-state index contributed by atoms with van der Waals surface area (Å²) in [6.45, 7) is 4.16. The number of halogens is 4. The van der Waals surface area contributed by atoms with Crippen LogP contribution in [0.1, 0.15) is 56.2 Å². The number of pyridine rings is 1. The number of nitrogens with zero attached hydrogens (tertiary/aromatic N) is 4. The standard InChI is InChI=1S/C30H30BrF3N6O3/c1-17-27(37-29(43)23-15-25(30(32,33)34)36-24-12-11-21(31)14-22(23)24)18(2)40(38-17)16-19-7-9-20(10-8-19)28(42)35-13-5-6-26(41)39(3)4/h7-12,14-15H,5-6,13,16H2,1-4H3,(H,35,42)(H,37,43). The summed E-state index contributed by atoms with van der Waals surface area (Å²) in [5, 5.41) is 10.3. The number of rotatable bonds is 9. The summed E-state index contributed by atoms with van der Waals surface area (Å²) in [7, 11) is 3.37. The van der Waals surface area contributed by atoms with E-state index in [-0.39, 0.29) is 28.3 Å². The summed E-state index contributed by atoms with van der Waals surface area (Å²) >= 11 is 3.30. The molecule has 0 unspecified atom stereocenters. The van der Waals surface area contributed by atoms with E-state index >= 15 is 0 Å². The summed E-state index contributed by atoms with van der Waals surface area (Å²) in [6.07, 6.45) is -3.84. The van der Waals surface area contributed by atoms with Gasteiger partial charge >= 0.3 is 6.18 Å². The summed E-state index contributed by atoms with van der Waals surface area (Å²) in [5.74, 6) is -0.965. The van der Waals surface area contributed by atoms with Crippen molar-refractivity contribution in [1.82, 2.24) is 25.0 Å². The molecule has 0 atom stereocenters. The number of alkyl halides is 3. The fraction of sp³-hybridized carbons (Fsp3) is 0.300. The van der Waals surface area contributed by atoms with Gasteiger partial charge in [0.1, 0.15) is 5.69 Å². The number of nitrogens with one attached hydrogen (secondary N) is 2. The van der Waals surface area contributed by atoms with Crippen LogP contribution >= 0.6 is 15.9 Å². The number of anilines is 1. The van der Waals surface area contributed by atoms with E-state index in [0.29, 0.717) is 53.0 Å². The third-order valence-corrected chi connectivity index (χ3v) is 7.32. The number of carbonyl (C=O) groups excluding carboxylic acids is 3. The first kappa shape index (κ1) is 31.7. The van der Waals surface area contributed by atoms with E-state index in [1.807, 2.05) is 0 Å². The minimum absolute atomic E-state index is 0.000163. The van der Waals surface area contributed by atoms with E-state index in [1.165, 1.54) is 11.0 Å². The van der Waals surface area contributed by atoms with Gasteiger partial charge in [-0.2, -0.15) is 18.3 Å². The predicted molar refractivity (Wildman–Crippen MR) is 160 cm³/mol. The molecule has 0 fully saturated rings. The van der Waals surface area contributed by atoms with E-state index < -0.39 is 17.8 Å². The molecule has 0 aliphatic heterocycles. The van der Waals surface area contributed by atoms with Crippen LogP contribution in [0.4, 0.5) is 18.9 Å². The molecule has 9 nitrogen and oxygen atoms in total. The van der Waals surface area contributed by atoms with Crippen molar-refractivity contribution in [2.75, 3.05) is 26.0 Å².